The van der Waals surface area contributed by atoms with Crippen molar-refractivity contribution < 1.29 is 14.3 Å². The largest absolute Gasteiger partial charge is 0.497 e. The Morgan fingerprint density at radius 1 is 1.07 bits per heavy atom. The molecule has 0 N–H and O–H groups in total. The van der Waals surface area contributed by atoms with Crippen molar-refractivity contribution in [3.05, 3.63) is 65.9 Å². The minimum absolute atomic E-state index is 0.406. The summed E-state index contributed by atoms with van der Waals surface area (Å²) >= 11 is 0. The summed E-state index contributed by atoms with van der Waals surface area (Å²) in [5, 5.41) is 1.03. The average molecular weight is 362 g/mol. The summed E-state index contributed by atoms with van der Waals surface area (Å²) in [6.07, 6.45) is 4.24. The Kier molecular flexibility index (Phi) is 5.03. The number of nitrogens with zero attached hydrogens (tertiary/aromatic N) is 2. The number of carbonyl (C=O) groups is 1. The fourth-order valence-electron chi connectivity index (χ4n) is 3.49. The van der Waals surface area contributed by atoms with Gasteiger partial charge >= 0.3 is 5.97 Å². The van der Waals surface area contributed by atoms with Gasteiger partial charge in [-0.15, -0.1) is 0 Å². The van der Waals surface area contributed by atoms with Crippen molar-refractivity contribution in [1.29, 1.82) is 0 Å². The van der Waals surface area contributed by atoms with Crippen molar-refractivity contribution in [1.82, 2.24) is 9.88 Å². The summed E-state index contributed by atoms with van der Waals surface area (Å²) in [5.41, 5.74) is 2.40. The fourth-order valence-corrected chi connectivity index (χ4v) is 3.49. The molecule has 0 unspecified atom stereocenters. The number of ether oxygens (including phenoxy) is 2. The molecular formula is C22H22N2O3. The number of hydrogen-bond acceptors (Lipinski definition) is 5. The molecule has 5 heteroatoms. The van der Waals surface area contributed by atoms with E-state index in [2.05, 4.69) is 9.88 Å². The van der Waals surface area contributed by atoms with Gasteiger partial charge in [0.05, 0.1) is 12.7 Å². The number of pyridine rings is 1. The SMILES string of the molecule is COc1ccc(C(=O)Oc2ccc(CN3CCCC3)c3cccnc23)cc1. The Bertz CT molecular complexity index is 947. The third kappa shape index (κ3) is 3.78. The molecule has 1 aromatic heterocycles. The average Bonchev–Trinajstić information content (AvgIpc) is 3.23. The fraction of sp³-hybridized carbons (Fsp3) is 0.273. The van der Waals surface area contributed by atoms with E-state index >= 15 is 0 Å². The molecule has 138 valence electrons. The molecule has 0 amide bonds. The zero-order valence-electron chi connectivity index (χ0n) is 15.4. The monoisotopic (exact) mass is 362 g/mol. The summed E-state index contributed by atoms with van der Waals surface area (Å²) in [4.78, 5) is 19.4. The number of rotatable bonds is 5. The molecule has 0 saturated carbocycles. The molecular weight excluding hydrogens is 340 g/mol. The van der Waals surface area contributed by atoms with Crippen LogP contribution in [0.1, 0.15) is 28.8 Å². The van der Waals surface area contributed by atoms with Gasteiger partial charge in [0.25, 0.3) is 0 Å². The molecule has 0 spiro atoms. The Hall–Kier alpha value is -2.92. The highest BCUT2D eigenvalue weighted by atomic mass is 16.5. The number of benzene rings is 2. The van der Waals surface area contributed by atoms with Crippen LogP contribution in [0.15, 0.2) is 54.7 Å². The van der Waals surface area contributed by atoms with E-state index in [1.54, 1.807) is 37.6 Å². The summed E-state index contributed by atoms with van der Waals surface area (Å²) in [6, 6.07) is 14.7. The van der Waals surface area contributed by atoms with Gasteiger partial charge in [0.2, 0.25) is 0 Å². The maximum Gasteiger partial charge on any atom is 0.343 e. The van der Waals surface area contributed by atoms with Gasteiger partial charge in [-0.25, -0.2) is 4.79 Å². The van der Waals surface area contributed by atoms with E-state index in [0.717, 1.165) is 30.5 Å². The molecule has 4 rings (SSSR count). The van der Waals surface area contributed by atoms with Crippen LogP contribution < -0.4 is 9.47 Å². The maximum absolute atomic E-state index is 12.5. The highest BCUT2D eigenvalue weighted by Crippen LogP contribution is 2.29. The van der Waals surface area contributed by atoms with Gasteiger partial charge in [0, 0.05) is 18.1 Å². The lowest BCUT2D eigenvalue weighted by Crippen LogP contribution is -2.18. The third-order valence-corrected chi connectivity index (χ3v) is 4.94. The lowest BCUT2D eigenvalue weighted by molar-refractivity contribution is 0.0736. The van der Waals surface area contributed by atoms with Crippen molar-refractivity contribution in [3.8, 4) is 11.5 Å². The molecule has 1 fully saturated rings. The van der Waals surface area contributed by atoms with Crippen molar-refractivity contribution in [3.63, 3.8) is 0 Å². The Morgan fingerprint density at radius 3 is 2.59 bits per heavy atom. The highest BCUT2D eigenvalue weighted by Gasteiger charge is 2.17. The number of likely N-dealkylation sites (tertiary alicyclic amines) is 1. The minimum Gasteiger partial charge on any atom is -0.497 e. The van der Waals surface area contributed by atoms with Crippen LogP contribution in [-0.4, -0.2) is 36.1 Å². The van der Waals surface area contributed by atoms with E-state index in [0.29, 0.717) is 17.1 Å². The first-order valence-electron chi connectivity index (χ1n) is 9.20. The zero-order valence-corrected chi connectivity index (χ0v) is 15.4. The molecule has 2 aromatic carbocycles. The van der Waals surface area contributed by atoms with E-state index in [9.17, 15) is 4.79 Å². The third-order valence-electron chi connectivity index (χ3n) is 4.94. The van der Waals surface area contributed by atoms with Gasteiger partial charge in [-0.1, -0.05) is 12.1 Å². The maximum atomic E-state index is 12.5. The number of methoxy groups -OCH3 is 1. The van der Waals surface area contributed by atoms with Gasteiger partial charge in [-0.3, -0.25) is 9.88 Å². The first-order chi connectivity index (χ1) is 13.2. The number of fused-ring (bicyclic) bond motifs is 1. The number of esters is 1. The predicted molar refractivity (Wildman–Crippen MR) is 104 cm³/mol. The van der Waals surface area contributed by atoms with Crippen molar-refractivity contribution in [2.45, 2.75) is 19.4 Å². The molecule has 27 heavy (non-hydrogen) atoms. The van der Waals surface area contributed by atoms with E-state index in [4.69, 9.17) is 9.47 Å². The van der Waals surface area contributed by atoms with Crippen LogP contribution in [-0.2, 0) is 6.54 Å². The lowest BCUT2D eigenvalue weighted by Gasteiger charge is -2.17. The standard InChI is InChI=1S/C22H22N2O3/c1-26-18-9-6-16(7-10-18)22(25)27-20-11-8-17(15-24-13-2-3-14-24)19-5-4-12-23-21(19)20/h4-12H,2-3,13-15H2,1H3. The Morgan fingerprint density at radius 2 is 1.85 bits per heavy atom. The molecule has 1 saturated heterocycles. The van der Waals surface area contributed by atoms with E-state index in [-0.39, 0.29) is 0 Å². The molecule has 0 radical (unpaired) electrons. The summed E-state index contributed by atoms with van der Waals surface area (Å²) < 4.78 is 10.8. The van der Waals surface area contributed by atoms with Gasteiger partial charge < -0.3 is 9.47 Å². The van der Waals surface area contributed by atoms with Gasteiger partial charge in [-0.05, 0) is 67.9 Å². The van der Waals surface area contributed by atoms with Crippen molar-refractivity contribution in [2.24, 2.45) is 0 Å². The summed E-state index contributed by atoms with van der Waals surface area (Å²) in [5.74, 6) is 0.776. The Labute approximate surface area is 158 Å². The molecule has 0 bridgehead atoms. The van der Waals surface area contributed by atoms with Crippen LogP contribution in [0.25, 0.3) is 10.9 Å². The summed E-state index contributed by atoms with van der Waals surface area (Å²) in [6.45, 7) is 3.17. The van der Waals surface area contributed by atoms with E-state index in [1.165, 1.54) is 18.4 Å². The quantitative estimate of drug-likeness (QED) is 0.506. The number of aromatic nitrogens is 1. The smallest absolute Gasteiger partial charge is 0.343 e. The molecule has 1 aliphatic heterocycles. The second-order valence-electron chi connectivity index (χ2n) is 6.72. The molecule has 0 aliphatic carbocycles. The normalized spacial score (nSPS) is 14.4. The van der Waals surface area contributed by atoms with Gasteiger partial charge in [0.15, 0.2) is 5.75 Å². The highest BCUT2D eigenvalue weighted by molar-refractivity contribution is 5.95. The van der Waals surface area contributed by atoms with Crippen LogP contribution in [0.5, 0.6) is 11.5 Å². The zero-order chi connectivity index (χ0) is 18.6. The Balaban J connectivity index is 1.60. The summed E-state index contributed by atoms with van der Waals surface area (Å²) in [7, 11) is 1.59. The molecule has 5 nitrogen and oxygen atoms in total. The lowest BCUT2D eigenvalue weighted by atomic mass is 10.1. The van der Waals surface area contributed by atoms with Gasteiger partial charge in [0.1, 0.15) is 11.3 Å². The first-order valence-corrected chi connectivity index (χ1v) is 9.20. The second-order valence-corrected chi connectivity index (χ2v) is 6.72. The topological polar surface area (TPSA) is 51.7 Å². The molecule has 1 aliphatic rings. The molecule has 3 aromatic rings. The molecule has 0 atom stereocenters. The van der Waals surface area contributed by atoms with Crippen molar-refractivity contribution in [2.75, 3.05) is 20.2 Å². The predicted octanol–water partition coefficient (Wildman–Crippen LogP) is 4.06. The van der Waals surface area contributed by atoms with E-state index in [1.807, 2.05) is 24.3 Å². The minimum atomic E-state index is -0.406. The van der Waals surface area contributed by atoms with E-state index < -0.39 is 5.97 Å². The first kappa shape index (κ1) is 17.5. The second kappa shape index (κ2) is 7.76. The van der Waals surface area contributed by atoms with Crippen LogP contribution in [0, 0.1) is 0 Å². The van der Waals surface area contributed by atoms with Crippen molar-refractivity contribution >= 4 is 16.9 Å². The number of carbonyl (C=O) groups excluding carboxylic acids is 1. The molecule has 2 heterocycles. The number of hydrogen-bond donors (Lipinski definition) is 0. The van der Waals surface area contributed by atoms with Crippen LogP contribution in [0.4, 0.5) is 0 Å². The van der Waals surface area contributed by atoms with Crippen LogP contribution in [0.2, 0.25) is 0 Å². The van der Waals surface area contributed by atoms with Crippen LogP contribution >= 0.6 is 0 Å². The van der Waals surface area contributed by atoms with Crippen LogP contribution in [0.3, 0.4) is 0 Å². The van der Waals surface area contributed by atoms with Gasteiger partial charge in [-0.2, -0.15) is 0 Å².